The topological polar surface area (TPSA) is 58.6 Å². The minimum Gasteiger partial charge on any atom is -0.497 e. The Morgan fingerprint density at radius 1 is 1.35 bits per heavy atom. The van der Waals surface area contributed by atoms with Gasteiger partial charge in [0.1, 0.15) is 11.8 Å². The van der Waals surface area contributed by atoms with Gasteiger partial charge in [0.15, 0.2) is 0 Å². The SMILES string of the molecule is COc1cccc(CN2C(=O)C(C)NC(=O)CC2C)c1. The van der Waals surface area contributed by atoms with Crippen LogP contribution in [-0.4, -0.2) is 35.9 Å². The molecule has 2 amide bonds. The van der Waals surface area contributed by atoms with Crippen LogP contribution in [0.3, 0.4) is 0 Å². The van der Waals surface area contributed by atoms with Gasteiger partial charge in [0.05, 0.1) is 7.11 Å². The number of hydrogen-bond acceptors (Lipinski definition) is 3. The van der Waals surface area contributed by atoms with Crippen molar-refractivity contribution in [2.45, 2.75) is 38.9 Å². The van der Waals surface area contributed by atoms with E-state index in [1.807, 2.05) is 31.2 Å². The first-order chi connectivity index (χ1) is 9.51. The van der Waals surface area contributed by atoms with Crippen LogP contribution in [0.25, 0.3) is 0 Å². The highest BCUT2D eigenvalue weighted by molar-refractivity contribution is 5.90. The standard InChI is InChI=1S/C15H20N2O3/c1-10-7-14(18)16-11(2)15(19)17(10)9-12-5-4-6-13(8-12)20-3/h4-6,8,10-11H,7,9H2,1-3H3,(H,16,18). The maximum Gasteiger partial charge on any atom is 0.245 e. The molecule has 1 aromatic rings. The van der Waals surface area contributed by atoms with Crippen LogP contribution in [0, 0.1) is 0 Å². The van der Waals surface area contributed by atoms with E-state index < -0.39 is 6.04 Å². The van der Waals surface area contributed by atoms with Crippen molar-refractivity contribution in [2.75, 3.05) is 7.11 Å². The number of rotatable bonds is 3. The van der Waals surface area contributed by atoms with Crippen molar-refractivity contribution in [3.63, 3.8) is 0 Å². The summed E-state index contributed by atoms with van der Waals surface area (Å²) in [4.78, 5) is 25.7. The van der Waals surface area contributed by atoms with E-state index in [-0.39, 0.29) is 17.9 Å². The Hall–Kier alpha value is -2.04. The lowest BCUT2D eigenvalue weighted by atomic mass is 10.1. The summed E-state index contributed by atoms with van der Waals surface area (Å²) in [6.07, 6.45) is 0.333. The van der Waals surface area contributed by atoms with E-state index in [0.717, 1.165) is 11.3 Å². The van der Waals surface area contributed by atoms with E-state index in [0.29, 0.717) is 13.0 Å². The quantitative estimate of drug-likeness (QED) is 0.906. The van der Waals surface area contributed by atoms with Crippen molar-refractivity contribution in [3.05, 3.63) is 29.8 Å². The van der Waals surface area contributed by atoms with Crippen LogP contribution in [0.2, 0.25) is 0 Å². The molecule has 0 spiro atoms. The number of benzene rings is 1. The molecule has 1 fully saturated rings. The van der Waals surface area contributed by atoms with Gasteiger partial charge in [-0.3, -0.25) is 9.59 Å². The molecule has 1 heterocycles. The molecule has 2 rings (SSSR count). The molecule has 1 aromatic carbocycles. The van der Waals surface area contributed by atoms with Gasteiger partial charge < -0.3 is 15.0 Å². The smallest absolute Gasteiger partial charge is 0.245 e. The minimum atomic E-state index is -0.474. The predicted octanol–water partition coefficient (Wildman–Crippen LogP) is 1.32. The summed E-state index contributed by atoms with van der Waals surface area (Å²) in [7, 11) is 1.61. The largest absolute Gasteiger partial charge is 0.497 e. The number of ether oxygens (including phenoxy) is 1. The molecule has 5 nitrogen and oxygen atoms in total. The van der Waals surface area contributed by atoms with Crippen molar-refractivity contribution in [1.82, 2.24) is 10.2 Å². The zero-order chi connectivity index (χ0) is 14.7. The highest BCUT2D eigenvalue weighted by atomic mass is 16.5. The zero-order valence-corrected chi connectivity index (χ0v) is 12.1. The molecule has 20 heavy (non-hydrogen) atoms. The molecule has 0 aliphatic carbocycles. The van der Waals surface area contributed by atoms with Gasteiger partial charge >= 0.3 is 0 Å². The monoisotopic (exact) mass is 276 g/mol. The van der Waals surface area contributed by atoms with Crippen LogP contribution in [0.15, 0.2) is 24.3 Å². The van der Waals surface area contributed by atoms with Crippen LogP contribution in [0.5, 0.6) is 5.75 Å². The number of nitrogens with one attached hydrogen (secondary N) is 1. The highest BCUT2D eigenvalue weighted by Crippen LogP contribution is 2.18. The second kappa shape index (κ2) is 5.94. The summed E-state index contributed by atoms with van der Waals surface area (Å²) in [6.45, 7) is 4.10. The molecule has 0 bridgehead atoms. The molecule has 1 aliphatic heterocycles. The summed E-state index contributed by atoms with van der Waals surface area (Å²) in [5.74, 6) is 0.636. The third-order valence-electron chi connectivity index (χ3n) is 3.53. The van der Waals surface area contributed by atoms with E-state index in [9.17, 15) is 9.59 Å². The van der Waals surface area contributed by atoms with E-state index in [1.165, 1.54) is 0 Å². The van der Waals surface area contributed by atoms with Gasteiger partial charge in [-0.2, -0.15) is 0 Å². The van der Waals surface area contributed by atoms with Crippen molar-refractivity contribution in [1.29, 1.82) is 0 Å². The van der Waals surface area contributed by atoms with E-state index >= 15 is 0 Å². The maximum absolute atomic E-state index is 12.3. The molecule has 1 aliphatic rings. The highest BCUT2D eigenvalue weighted by Gasteiger charge is 2.31. The van der Waals surface area contributed by atoms with Gasteiger partial charge in [-0.1, -0.05) is 12.1 Å². The lowest BCUT2D eigenvalue weighted by molar-refractivity contribution is -0.135. The maximum atomic E-state index is 12.3. The fraction of sp³-hybridized carbons (Fsp3) is 0.467. The Kier molecular flexibility index (Phi) is 4.27. The molecule has 0 radical (unpaired) electrons. The van der Waals surface area contributed by atoms with Crippen molar-refractivity contribution < 1.29 is 14.3 Å². The van der Waals surface area contributed by atoms with Crippen molar-refractivity contribution in [3.8, 4) is 5.75 Å². The summed E-state index contributed by atoms with van der Waals surface area (Å²) in [6, 6.07) is 7.04. The Labute approximate surface area is 118 Å². The van der Waals surface area contributed by atoms with E-state index in [1.54, 1.807) is 18.9 Å². The first kappa shape index (κ1) is 14.4. The summed E-state index contributed by atoms with van der Waals surface area (Å²) >= 11 is 0. The average molecular weight is 276 g/mol. The minimum absolute atomic E-state index is 0.0498. The molecular weight excluding hydrogens is 256 g/mol. The van der Waals surface area contributed by atoms with Crippen LogP contribution in [0.4, 0.5) is 0 Å². The molecule has 2 atom stereocenters. The number of hydrogen-bond donors (Lipinski definition) is 1. The molecule has 108 valence electrons. The predicted molar refractivity (Wildman–Crippen MR) is 75.2 cm³/mol. The molecule has 1 N–H and O–H groups in total. The fourth-order valence-electron chi connectivity index (χ4n) is 2.41. The number of methoxy groups -OCH3 is 1. The van der Waals surface area contributed by atoms with Crippen LogP contribution in [0.1, 0.15) is 25.8 Å². The summed E-state index contributed by atoms with van der Waals surface area (Å²) < 4.78 is 5.19. The number of amides is 2. The second-order valence-electron chi connectivity index (χ2n) is 5.16. The van der Waals surface area contributed by atoms with Crippen LogP contribution >= 0.6 is 0 Å². The summed E-state index contributed by atoms with van der Waals surface area (Å²) in [5.41, 5.74) is 0.992. The number of carbonyl (C=O) groups is 2. The molecule has 0 saturated carbocycles. The second-order valence-corrected chi connectivity index (χ2v) is 5.16. The van der Waals surface area contributed by atoms with Gasteiger partial charge in [0.2, 0.25) is 11.8 Å². The van der Waals surface area contributed by atoms with Crippen LogP contribution in [-0.2, 0) is 16.1 Å². The molecule has 2 unspecified atom stereocenters. The first-order valence-electron chi connectivity index (χ1n) is 6.74. The third-order valence-corrected chi connectivity index (χ3v) is 3.53. The normalized spacial score (nSPS) is 23.2. The van der Waals surface area contributed by atoms with E-state index in [4.69, 9.17) is 4.74 Å². The number of nitrogens with zero attached hydrogens (tertiary/aromatic N) is 1. The Morgan fingerprint density at radius 2 is 2.10 bits per heavy atom. The number of carbonyl (C=O) groups excluding carboxylic acids is 2. The Morgan fingerprint density at radius 3 is 2.80 bits per heavy atom. The van der Waals surface area contributed by atoms with Gasteiger partial charge in [0.25, 0.3) is 0 Å². The third kappa shape index (κ3) is 3.10. The average Bonchev–Trinajstić information content (AvgIpc) is 2.51. The fourth-order valence-corrected chi connectivity index (χ4v) is 2.41. The van der Waals surface area contributed by atoms with E-state index in [2.05, 4.69) is 5.32 Å². The molecular formula is C15H20N2O3. The Balaban J connectivity index is 2.20. The van der Waals surface area contributed by atoms with Crippen LogP contribution < -0.4 is 10.1 Å². The van der Waals surface area contributed by atoms with Gasteiger partial charge in [-0.05, 0) is 31.5 Å². The summed E-state index contributed by atoms with van der Waals surface area (Å²) in [5, 5.41) is 2.71. The molecule has 5 heteroatoms. The van der Waals surface area contributed by atoms with Gasteiger partial charge in [-0.15, -0.1) is 0 Å². The van der Waals surface area contributed by atoms with Crippen molar-refractivity contribution >= 4 is 11.8 Å². The lowest BCUT2D eigenvalue weighted by Gasteiger charge is -2.28. The Bertz CT molecular complexity index is 516. The first-order valence-corrected chi connectivity index (χ1v) is 6.74. The molecule has 0 aromatic heterocycles. The van der Waals surface area contributed by atoms with Crippen molar-refractivity contribution in [2.24, 2.45) is 0 Å². The zero-order valence-electron chi connectivity index (χ0n) is 12.1. The van der Waals surface area contributed by atoms with Gasteiger partial charge in [0, 0.05) is 19.0 Å². The lowest BCUT2D eigenvalue weighted by Crippen LogP contribution is -2.44. The molecule has 1 saturated heterocycles. The van der Waals surface area contributed by atoms with Gasteiger partial charge in [-0.25, -0.2) is 0 Å².